The Hall–Kier alpha value is -1.72. The first-order chi connectivity index (χ1) is 13.3. The van der Waals surface area contributed by atoms with Gasteiger partial charge in [-0.25, -0.2) is 13.1 Å². The van der Waals surface area contributed by atoms with Crippen molar-refractivity contribution in [2.75, 3.05) is 26.4 Å². The number of likely N-dealkylation sites (N-methyl/N-ethyl adjacent to an activating group) is 1. The number of rotatable bonds is 7. The van der Waals surface area contributed by atoms with Crippen LogP contribution in [0.5, 0.6) is 5.75 Å². The zero-order valence-electron chi connectivity index (χ0n) is 15.3. The van der Waals surface area contributed by atoms with Crippen molar-refractivity contribution in [1.82, 2.24) is 9.62 Å². The van der Waals surface area contributed by atoms with Gasteiger partial charge < -0.3 is 15.4 Å². The van der Waals surface area contributed by atoms with Gasteiger partial charge in [0.2, 0.25) is 10.0 Å². The molecule has 0 aromatic heterocycles. The summed E-state index contributed by atoms with van der Waals surface area (Å²) in [7, 11) is -0.689. The van der Waals surface area contributed by atoms with Crippen LogP contribution in [0.2, 0.25) is 10.0 Å². The molecule has 0 aliphatic heterocycles. The summed E-state index contributed by atoms with van der Waals surface area (Å²) in [5.74, 6) is -0.622. The number of ether oxygens (including phenoxy) is 1. The average Bonchev–Trinajstić information content (AvgIpc) is 2.54. The zero-order valence-corrected chi connectivity index (χ0v) is 17.6. The second-order valence-corrected chi connectivity index (χ2v) is 8.85. The zero-order chi connectivity index (χ0) is 22.0. The molecule has 0 aliphatic rings. The Labute approximate surface area is 176 Å². The monoisotopic (exact) mass is 471 g/mol. The van der Waals surface area contributed by atoms with E-state index in [2.05, 4.69) is 9.46 Å². The van der Waals surface area contributed by atoms with Gasteiger partial charge in [0.05, 0.1) is 21.8 Å². The van der Waals surface area contributed by atoms with Gasteiger partial charge in [0.15, 0.2) is 0 Å². The Kier molecular flexibility index (Phi) is 7.28. The lowest BCUT2D eigenvalue weighted by Gasteiger charge is -2.23. The number of halogens is 5. The van der Waals surface area contributed by atoms with Gasteiger partial charge in [-0.05, 0) is 43.9 Å². The largest absolute Gasteiger partial charge is 0.573 e. The van der Waals surface area contributed by atoms with Crippen LogP contribution in [0.3, 0.4) is 0 Å². The van der Waals surface area contributed by atoms with Crippen LogP contribution in [0.15, 0.2) is 41.3 Å². The number of sulfonamides is 1. The van der Waals surface area contributed by atoms with Crippen molar-refractivity contribution in [3.63, 3.8) is 0 Å². The number of alkyl halides is 3. The SMILES string of the molecule is CN(C)C[C@H](NS(=O)(=O)c1ccc(OC(F)(F)F)cc1N)c1ccc(Cl)c(Cl)c1. The molecular formula is C17H18Cl2F3N3O3S. The molecule has 6 nitrogen and oxygen atoms in total. The Morgan fingerprint density at radius 2 is 1.79 bits per heavy atom. The van der Waals surface area contributed by atoms with Crippen molar-refractivity contribution in [3.05, 3.63) is 52.0 Å². The minimum absolute atomic E-state index is 0.250. The summed E-state index contributed by atoms with van der Waals surface area (Å²) in [5, 5.41) is 0.562. The quantitative estimate of drug-likeness (QED) is 0.594. The van der Waals surface area contributed by atoms with Crippen LogP contribution in [0.1, 0.15) is 11.6 Å². The van der Waals surface area contributed by atoms with Crippen LogP contribution in [-0.2, 0) is 10.0 Å². The molecule has 1 atom stereocenters. The van der Waals surface area contributed by atoms with Gasteiger partial charge in [-0.15, -0.1) is 13.2 Å². The molecule has 160 valence electrons. The molecule has 2 aromatic rings. The van der Waals surface area contributed by atoms with Gasteiger partial charge >= 0.3 is 6.36 Å². The fraction of sp³-hybridized carbons (Fsp3) is 0.294. The first kappa shape index (κ1) is 23.6. The molecule has 2 rings (SSSR count). The lowest BCUT2D eigenvalue weighted by molar-refractivity contribution is -0.274. The first-order valence-electron chi connectivity index (χ1n) is 8.06. The molecule has 0 radical (unpaired) electrons. The molecule has 0 aliphatic carbocycles. The van der Waals surface area contributed by atoms with Crippen molar-refractivity contribution in [3.8, 4) is 5.75 Å². The van der Waals surface area contributed by atoms with Crippen molar-refractivity contribution in [1.29, 1.82) is 0 Å². The molecule has 3 N–H and O–H groups in total. The number of nitrogens with zero attached hydrogens (tertiary/aromatic N) is 1. The molecule has 0 spiro atoms. The fourth-order valence-electron chi connectivity index (χ4n) is 2.52. The lowest BCUT2D eigenvalue weighted by atomic mass is 10.1. The molecule has 0 heterocycles. The van der Waals surface area contributed by atoms with Crippen LogP contribution in [-0.4, -0.2) is 40.3 Å². The van der Waals surface area contributed by atoms with Crippen LogP contribution in [0.4, 0.5) is 18.9 Å². The van der Waals surface area contributed by atoms with Gasteiger partial charge in [0.1, 0.15) is 10.6 Å². The smallest absolute Gasteiger partial charge is 0.406 e. The predicted octanol–water partition coefficient (Wildman–Crippen LogP) is 4.06. The molecule has 2 aromatic carbocycles. The minimum Gasteiger partial charge on any atom is -0.406 e. The van der Waals surface area contributed by atoms with Gasteiger partial charge in [-0.1, -0.05) is 29.3 Å². The normalized spacial score (nSPS) is 13.5. The van der Waals surface area contributed by atoms with Crippen LogP contribution >= 0.6 is 23.2 Å². The van der Waals surface area contributed by atoms with Crippen molar-refractivity contribution in [2.45, 2.75) is 17.3 Å². The maximum absolute atomic E-state index is 12.8. The van der Waals surface area contributed by atoms with E-state index >= 15 is 0 Å². The molecular weight excluding hydrogens is 454 g/mol. The highest BCUT2D eigenvalue weighted by molar-refractivity contribution is 7.89. The van der Waals surface area contributed by atoms with Crippen molar-refractivity contribution >= 4 is 38.9 Å². The summed E-state index contributed by atoms with van der Waals surface area (Å²) in [6.07, 6.45) is -4.92. The van der Waals surface area contributed by atoms with E-state index in [0.717, 1.165) is 18.2 Å². The van der Waals surface area contributed by atoms with E-state index in [9.17, 15) is 21.6 Å². The van der Waals surface area contributed by atoms with E-state index in [4.69, 9.17) is 28.9 Å². The molecule has 12 heteroatoms. The van der Waals surface area contributed by atoms with Gasteiger partial charge in [-0.2, -0.15) is 0 Å². The number of anilines is 1. The highest BCUT2D eigenvalue weighted by Crippen LogP contribution is 2.30. The van der Waals surface area contributed by atoms with Gasteiger partial charge in [0.25, 0.3) is 0 Å². The van der Waals surface area contributed by atoms with Crippen LogP contribution < -0.4 is 15.2 Å². The van der Waals surface area contributed by atoms with Gasteiger partial charge in [-0.3, -0.25) is 0 Å². The Bertz CT molecular complexity index is 986. The van der Waals surface area contributed by atoms with Crippen molar-refractivity contribution in [2.24, 2.45) is 0 Å². The Morgan fingerprint density at radius 3 is 2.31 bits per heavy atom. The van der Waals surface area contributed by atoms with E-state index in [-0.39, 0.29) is 16.5 Å². The summed E-state index contributed by atoms with van der Waals surface area (Å²) < 4.78 is 68.9. The number of benzene rings is 2. The topological polar surface area (TPSA) is 84.7 Å². The molecule has 0 fully saturated rings. The number of hydrogen-bond donors (Lipinski definition) is 2. The molecule has 29 heavy (non-hydrogen) atoms. The maximum Gasteiger partial charge on any atom is 0.573 e. The van der Waals surface area contributed by atoms with Gasteiger partial charge in [0, 0.05) is 12.6 Å². The number of nitrogen functional groups attached to an aromatic ring is 1. The lowest BCUT2D eigenvalue weighted by Crippen LogP contribution is -2.35. The number of nitrogens with one attached hydrogen (secondary N) is 1. The Morgan fingerprint density at radius 1 is 1.14 bits per heavy atom. The number of hydrogen-bond acceptors (Lipinski definition) is 5. The fourth-order valence-corrected chi connectivity index (χ4v) is 4.16. The minimum atomic E-state index is -4.92. The standard InChI is InChI=1S/C17H18Cl2F3N3O3S/c1-25(2)9-15(10-3-5-12(18)13(19)7-10)24-29(26,27)16-6-4-11(8-14(16)23)28-17(20,21)22/h3-8,15,24H,9,23H2,1-2H3/t15-/m0/s1. The Balaban J connectivity index is 2.35. The summed E-state index contributed by atoms with van der Waals surface area (Å²) in [6.45, 7) is 0.270. The van der Waals surface area contributed by atoms with E-state index in [1.165, 1.54) is 12.1 Å². The summed E-state index contributed by atoms with van der Waals surface area (Å²) in [4.78, 5) is 1.37. The van der Waals surface area contributed by atoms with E-state index in [1.807, 2.05) is 0 Å². The summed E-state index contributed by atoms with van der Waals surface area (Å²) >= 11 is 11.9. The maximum atomic E-state index is 12.8. The van der Waals surface area contributed by atoms with Crippen LogP contribution in [0, 0.1) is 0 Å². The predicted molar refractivity (Wildman–Crippen MR) is 106 cm³/mol. The highest BCUT2D eigenvalue weighted by Gasteiger charge is 2.32. The van der Waals surface area contributed by atoms with Crippen molar-refractivity contribution < 1.29 is 26.3 Å². The molecule has 0 saturated carbocycles. The first-order valence-corrected chi connectivity index (χ1v) is 10.3. The summed E-state index contributed by atoms with van der Waals surface area (Å²) in [5.41, 5.74) is 5.83. The third-order valence-electron chi connectivity index (χ3n) is 3.70. The average molecular weight is 472 g/mol. The van der Waals surface area contributed by atoms with E-state index in [1.54, 1.807) is 25.1 Å². The third kappa shape index (κ3) is 6.65. The van der Waals surface area contributed by atoms with Crippen LogP contribution in [0.25, 0.3) is 0 Å². The molecule has 0 unspecified atom stereocenters. The summed E-state index contributed by atoms with van der Waals surface area (Å²) in [6, 6.07) is 6.57. The molecule has 0 bridgehead atoms. The van der Waals surface area contributed by atoms with E-state index < -0.39 is 33.9 Å². The second-order valence-electron chi connectivity index (χ2n) is 6.36. The van der Waals surface area contributed by atoms with E-state index in [0.29, 0.717) is 10.6 Å². The molecule has 0 saturated heterocycles. The highest BCUT2D eigenvalue weighted by atomic mass is 35.5. The molecule has 0 amide bonds. The second kappa shape index (κ2) is 8.97. The number of nitrogens with two attached hydrogens (primary N) is 1. The third-order valence-corrected chi connectivity index (χ3v) is 5.98.